The summed E-state index contributed by atoms with van der Waals surface area (Å²) in [6.07, 6.45) is 6.71. The van der Waals surface area contributed by atoms with Crippen LogP contribution in [-0.4, -0.2) is 0 Å². The van der Waals surface area contributed by atoms with Crippen LogP contribution in [0.15, 0.2) is 0 Å². The van der Waals surface area contributed by atoms with Gasteiger partial charge in [-0.2, -0.15) is 0 Å². The van der Waals surface area contributed by atoms with E-state index in [1.54, 1.807) is 0 Å². The second-order valence-electron chi connectivity index (χ2n) is 2.91. The van der Waals surface area contributed by atoms with E-state index in [0.29, 0.717) is 0 Å². The topological polar surface area (TPSA) is 0 Å². The van der Waals surface area contributed by atoms with Gasteiger partial charge < -0.3 is 0 Å². The Morgan fingerprint density at radius 1 is 1.38 bits per heavy atom. The Bertz CT molecular complexity index is 66.4. The normalized spacial score (nSPS) is 38.2. The van der Waals surface area contributed by atoms with Crippen LogP contribution in [0.5, 0.6) is 0 Å². The zero-order valence-corrected chi connectivity index (χ0v) is 5.85. The lowest BCUT2D eigenvalue weighted by Crippen LogP contribution is -2.01. The Labute approximate surface area is 52.3 Å². The Balaban J connectivity index is 2.30. The van der Waals surface area contributed by atoms with Gasteiger partial charge in [-0.25, -0.2) is 0 Å². The molecule has 2 unspecified atom stereocenters. The Hall–Kier alpha value is 0. The van der Waals surface area contributed by atoms with Crippen LogP contribution in [0, 0.1) is 18.3 Å². The highest BCUT2D eigenvalue weighted by Crippen LogP contribution is 2.32. The van der Waals surface area contributed by atoms with Gasteiger partial charge in [0.2, 0.25) is 0 Å². The molecule has 47 valence electrons. The zero-order valence-electron chi connectivity index (χ0n) is 5.85. The van der Waals surface area contributed by atoms with Crippen molar-refractivity contribution in [1.29, 1.82) is 0 Å². The molecule has 0 aromatic carbocycles. The first kappa shape index (κ1) is 6.12. The standard InChI is InChI=1S/C8H15/c1-3-8-6-4-5-7(8)2/h3,7-8H,4-6H2,1-2H3. The van der Waals surface area contributed by atoms with E-state index in [-0.39, 0.29) is 0 Å². The van der Waals surface area contributed by atoms with E-state index in [1.165, 1.54) is 19.3 Å². The quantitative estimate of drug-likeness (QED) is 0.488. The molecule has 0 spiro atoms. The lowest BCUT2D eigenvalue weighted by atomic mass is 9.96. The minimum absolute atomic E-state index is 0.940. The molecular weight excluding hydrogens is 96.1 g/mol. The van der Waals surface area contributed by atoms with Crippen LogP contribution in [0.1, 0.15) is 33.1 Å². The number of hydrogen-bond acceptors (Lipinski definition) is 0. The highest BCUT2D eigenvalue weighted by atomic mass is 14.3. The van der Waals surface area contributed by atoms with Crippen LogP contribution < -0.4 is 0 Å². The molecule has 0 aromatic heterocycles. The van der Waals surface area contributed by atoms with Gasteiger partial charge in [-0.1, -0.05) is 26.7 Å². The SMILES string of the molecule is C[CH]C1CCCC1C. The molecule has 0 nitrogen and oxygen atoms in total. The fourth-order valence-corrected chi connectivity index (χ4v) is 1.67. The Morgan fingerprint density at radius 2 is 2.12 bits per heavy atom. The van der Waals surface area contributed by atoms with Crippen molar-refractivity contribution in [2.24, 2.45) is 11.8 Å². The van der Waals surface area contributed by atoms with Gasteiger partial charge >= 0.3 is 0 Å². The molecule has 0 saturated heterocycles. The van der Waals surface area contributed by atoms with Crippen molar-refractivity contribution in [2.45, 2.75) is 33.1 Å². The van der Waals surface area contributed by atoms with Crippen molar-refractivity contribution < 1.29 is 0 Å². The molecule has 0 aromatic rings. The fourth-order valence-electron chi connectivity index (χ4n) is 1.67. The van der Waals surface area contributed by atoms with E-state index in [2.05, 4.69) is 20.3 Å². The van der Waals surface area contributed by atoms with Gasteiger partial charge in [0.25, 0.3) is 0 Å². The lowest BCUT2D eigenvalue weighted by Gasteiger charge is -2.09. The van der Waals surface area contributed by atoms with Gasteiger partial charge in [0, 0.05) is 0 Å². The summed E-state index contributed by atoms with van der Waals surface area (Å²) in [6.45, 7) is 4.55. The molecule has 2 atom stereocenters. The summed E-state index contributed by atoms with van der Waals surface area (Å²) in [5.74, 6) is 1.91. The van der Waals surface area contributed by atoms with E-state index < -0.39 is 0 Å². The molecule has 1 aliphatic rings. The van der Waals surface area contributed by atoms with E-state index in [9.17, 15) is 0 Å². The Morgan fingerprint density at radius 3 is 2.38 bits per heavy atom. The fraction of sp³-hybridized carbons (Fsp3) is 0.875. The summed E-state index contributed by atoms with van der Waals surface area (Å²) < 4.78 is 0. The van der Waals surface area contributed by atoms with Crippen molar-refractivity contribution in [3.8, 4) is 0 Å². The highest BCUT2D eigenvalue weighted by Gasteiger charge is 2.20. The predicted octanol–water partition coefficient (Wildman–Crippen LogP) is 2.65. The minimum Gasteiger partial charge on any atom is -0.0622 e. The average Bonchev–Trinajstić information content (AvgIpc) is 2.14. The third-order valence-electron chi connectivity index (χ3n) is 2.36. The summed E-state index contributed by atoms with van der Waals surface area (Å²) in [6, 6.07) is 0. The van der Waals surface area contributed by atoms with Crippen LogP contribution in [0.3, 0.4) is 0 Å². The number of hydrogen-bond donors (Lipinski definition) is 0. The second-order valence-corrected chi connectivity index (χ2v) is 2.91. The molecule has 0 N–H and O–H groups in total. The van der Waals surface area contributed by atoms with Crippen molar-refractivity contribution in [2.75, 3.05) is 0 Å². The maximum Gasteiger partial charge on any atom is -0.0360 e. The molecule has 1 saturated carbocycles. The van der Waals surface area contributed by atoms with Gasteiger partial charge in [0.05, 0.1) is 0 Å². The van der Waals surface area contributed by atoms with Crippen molar-refractivity contribution in [1.82, 2.24) is 0 Å². The third kappa shape index (κ3) is 1.04. The Kier molecular flexibility index (Phi) is 1.93. The first-order valence-corrected chi connectivity index (χ1v) is 3.64. The first-order valence-electron chi connectivity index (χ1n) is 3.64. The summed E-state index contributed by atoms with van der Waals surface area (Å²) in [5, 5.41) is 0. The predicted molar refractivity (Wildman–Crippen MR) is 36.5 cm³/mol. The largest absolute Gasteiger partial charge is 0.0622 e. The van der Waals surface area contributed by atoms with E-state index in [0.717, 1.165) is 11.8 Å². The molecule has 0 heterocycles. The third-order valence-corrected chi connectivity index (χ3v) is 2.36. The monoisotopic (exact) mass is 111 g/mol. The van der Waals surface area contributed by atoms with Crippen LogP contribution in [0.25, 0.3) is 0 Å². The molecule has 1 aliphatic carbocycles. The number of rotatable bonds is 1. The molecule has 0 amide bonds. The van der Waals surface area contributed by atoms with E-state index >= 15 is 0 Å². The summed E-state index contributed by atoms with van der Waals surface area (Å²) in [7, 11) is 0. The smallest absolute Gasteiger partial charge is 0.0360 e. The molecule has 0 bridgehead atoms. The van der Waals surface area contributed by atoms with Gasteiger partial charge in [-0.15, -0.1) is 0 Å². The summed E-state index contributed by atoms with van der Waals surface area (Å²) in [5.41, 5.74) is 0. The summed E-state index contributed by atoms with van der Waals surface area (Å²) in [4.78, 5) is 0. The second kappa shape index (κ2) is 2.52. The van der Waals surface area contributed by atoms with E-state index in [1.807, 2.05) is 0 Å². The summed E-state index contributed by atoms with van der Waals surface area (Å²) >= 11 is 0. The van der Waals surface area contributed by atoms with Crippen LogP contribution >= 0.6 is 0 Å². The van der Waals surface area contributed by atoms with Crippen LogP contribution in [0.4, 0.5) is 0 Å². The van der Waals surface area contributed by atoms with Gasteiger partial charge in [-0.05, 0) is 24.7 Å². The van der Waals surface area contributed by atoms with Crippen LogP contribution in [-0.2, 0) is 0 Å². The van der Waals surface area contributed by atoms with Crippen molar-refractivity contribution in [3.05, 3.63) is 6.42 Å². The minimum atomic E-state index is 0.940. The molecule has 1 rings (SSSR count). The van der Waals surface area contributed by atoms with Crippen LogP contribution in [0.2, 0.25) is 0 Å². The maximum absolute atomic E-state index is 2.36. The van der Waals surface area contributed by atoms with Crippen molar-refractivity contribution in [3.63, 3.8) is 0 Å². The zero-order chi connectivity index (χ0) is 5.98. The molecular formula is C8H15. The lowest BCUT2D eigenvalue weighted by molar-refractivity contribution is 0.475. The van der Waals surface area contributed by atoms with Crippen molar-refractivity contribution >= 4 is 0 Å². The highest BCUT2D eigenvalue weighted by molar-refractivity contribution is 4.81. The first-order chi connectivity index (χ1) is 3.84. The molecule has 0 heteroatoms. The average molecular weight is 111 g/mol. The van der Waals surface area contributed by atoms with Gasteiger partial charge in [-0.3, -0.25) is 0 Å². The maximum atomic E-state index is 2.36. The van der Waals surface area contributed by atoms with Gasteiger partial charge in [0.15, 0.2) is 0 Å². The molecule has 8 heavy (non-hydrogen) atoms. The molecule has 0 aliphatic heterocycles. The van der Waals surface area contributed by atoms with Gasteiger partial charge in [0.1, 0.15) is 0 Å². The van der Waals surface area contributed by atoms with E-state index in [4.69, 9.17) is 0 Å². The molecule has 1 fully saturated rings. The molecule has 1 radical (unpaired) electrons.